The van der Waals surface area contributed by atoms with E-state index in [9.17, 15) is 4.79 Å². The van der Waals surface area contributed by atoms with Crippen LogP contribution < -0.4 is 5.32 Å². The number of hydrogen-bond acceptors (Lipinski definition) is 2. The summed E-state index contributed by atoms with van der Waals surface area (Å²) in [5.74, 6) is 0.0216. The summed E-state index contributed by atoms with van der Waals surface area (Å²) in [4.78, 5) is 12.2. The number of rotatable bonds is 5. The molecule has 3 heteroatoms. The van der Waals surface area contributed by atoms with E-state index in [0.717, 1.165) is 16.8 Å². The van der Waals surface area contributed by atoms with E-state index in [0.29, 0.717) is 0 Å². The van der Waals surface area contributed by atoms with Crippen LogP contribution in [0.4, 0.5) is 5.69 Å². The lowest BCUT2D eigenvalue weighted by molar-refractivity contribution is 0.0996. The number of carbonyl (C=O) groups excluding carboxylic acids is 1. The molecule has 0 atom stereocenters. The molecule has 1 aromatic heterocycles. The molecule has 0 unspecified atom stereocenters. The molecular weight excluding hydrogens is 346 g/mol. The maximum absolute atomic E-state index is 12.2. The molecule has 0 spiro atoms. The summed E-state index contributed by atoms with van der Waals surface area (Å²) < 4.78 is 5.15. The quantitative estimate of drug-likeness (QED) is 0.418. The van der Waals surface area contributed by atoms with E-state index in [-0.39, 0.29) is 11.7 Å². The molecule has 0 aliphatic heterocycles. The SMILES string of the molecule is O=C(Nc1ccccc1/C=C/c1ccc(-c2ccccc2)cc1)c1ccco1. The Balaban J connectivity index is 1.51. The third kappa shape index (κ3) is 4.10. The molecule has 136 valence electrons. The van der Waals surface area contributed by atoms with Gasteiger partial charge in [0.2, 0.25) is 0 Å². The molecule has 3 aromatic carbocycles. The Morgan fingerprint density at radius 2 is 1.43 bits per heavy atom. The van der Waals surface area contributed by atoms with Crippen LogP contribution in [0, 0.1) is 0 Å². The van der Waals surface area contributed by atoms with Crippen LogP contribution in [0.1, 0.15) is 21.7 Å². The Kier molecular flexibility index (Phi) is 5.16. The number of carbonyl (C=O) groups is 1. The number of benzene rings is 3. The zero-order valence-electron chi connectivity index (χ0n) is 15.2. The fourth-order valence-electron chi connectivity index (χ4n) is 2.95. The summed E-state index contributed by atoms with van der Waals surface area (Å²) >= 11 is 0. The van der Waals surface area contributed by atoms with Crippen LogP contribution in [-0.4, -0.2) is 5.91 Å². The van der Waals surface area contributed by atoms with Crippen LogP contribution in [0.25, 0.3) is 23.3 Å². The highest BCUT2D eigenvalue weighted by molar-refractivity contribution is 6.03. The smallest absolute Gasteiger partial charge is 0.291 e. The van der Waals surface area contributed by atoms with Crippen molar-refractivity contribution in [3.63, 3.8) is 0 Å². The van der Waals surface area contributed by atoms with Gasteiger partial charge in [0.25, 0.3) is 5.91 Å². The average Bonchev–Trinajstić information content (AvgIpc) is 3.29. The predicted molar refractivity (Wildman–Crippen MR) is 114 cm³/mol. The maximum Gasteiger partial charge on any atom is 0.291 e. The first kappa shape index (κ1) is 17.6. The highest BCUT2D eigenvalue weighted by atomic mass is 16.3. The van der Waals surface area contributed by atoms with Crippen molar-refractivity contribution in [3.8, 4) is 11.1 Å². The summed E-state index contributed by atoms with van der Waals surface area (Å²) in [6.45, 7) is 0. The third-order valence-electron chi connectivity index (χ3n) is 4.43. The van der Waals surface area contributed by atoms with Crippen LogP contribution in [0.5, 0.6) is 0 Å². The summed E-state index contributed by atoms with van der Waals surface area (Å²) in [5.41, 5.74) is 5.13. The van der Waals surface area contributed by atoms with Gasteiger partial charge in [-0.2, -0.15) is 0 Å². The van der Waals surface area contributed by atoms with Crippen molar-refractivity contribution < 1.29 is 9.21 Å². The van der Waals surface area contributed by atoms with Gasteiger partial charge in [-0.1, -0.05) is 84.9 Å². The largest absolute Gasteiger partial charge is 0.459 e. The molecule has 1 amide bonds. The van der Waals surface area contributed by atoms with Crippen molar-refractivity contribution in [1.82, 2.24) is 0 Å². The number of furan rings is 1. The molecule has 0 saturated carbocycles. The second-order valence-corrected chi connectivity index (χ2v) is 6.34. The predicted octanol–water partition coefficient (Wildman–Crippen LogP) is 6.37. The molecular formula is C25H19NO2. The molecule has 4 aromatic rings. The Hall–Kier alpha value is -3.85. The number of nitrogens with one attached hydrogen (secondary N) is 1. The third-order valence-corrected chi connectivity index (χ3v) is 4.43. The monoisotopic (exact) mass is 365 g/mol. The highest BCUT2D eigenvalue weighted by Crippen LogP contribution is 2.22. The van der Waals surface area contributed by atoms with Gasteiger partial charge in [0, 0.05) is 5.69 Å². The van der Waals surface area contributed by atoms with E-state index in [1.807, 2.05) is 54.6 Å². The molecule has 28 heavy (non-hydrogen) atoms. The van der Waals surface area contributed by atoms with Gasteiger partial charge >= 0.3 is 0 Å². The standard InChI is InChI=1S/C25H19NO2/c27-25(24-11-6-18-28-24)26-23-10-5-4-9-22(23)17-14-19-12-15-21(16-13-19)20-7-2-1-3-8-20/h1-18H,(H,26,27)/b17-14+. The number of amides is 1. The van der Waals surface area contributed by atoms with Gasteiger partial charge in [-0.3, -0.25) is 4.79 Å². The van der Waals surface area contributed by atoms with E-state index in [4.69, 9.17) is 4.42 Å². The van der Waals surface area contributed by atoms with Crippen LogP contribution in [0.3, 0.4) is 0 Å². The van der Waals surface area contributed by atoms with E-state index in [1.165, 1.54) is 17.4 Å². The summed E-state index contributed by atoms with van der Waals surface area (Å²) in [5, 5.41) is 2.90. The van der Waals surface area contributed by atoms with Gasteiger partial charge in [-0.25, -0.2) is 0 Å². The van der Waals surface area contributed by atoms with E-state index < -0.39 is 0 Å². The van der Waals surface area contributed by atoms with Gasteiger partial charge in [-0.15, -0.1) is 0 Å². The minimum atomic E-state index is -0.266. The van der Waals surface area contributed by atoms with Crippen molar-refractivity contribution in [1.29, 1.82) is 0 Å². The van der Waals surface area contributed by atoms with Gasteiger partial charge in [-0.05, 0) is 40.5 Å². The molecule has 3 nitrogen and oxygen atoms in total. The molecule has 0 fully saturated rings. The second kappa shape index (κ2) is 8.23. The van der Waals surface area contributed by atoms with Crippen molar-refractivity contribution in [2.75, 3.05) is 5.32 Å². The van der Waals surface area contributed by atoms with Gasteiger partial charge in [0.05, 0.1) is 6.26 Å². The Morgan fingerprint density at radius 1 is 0.714 bits per heavy atom. The van der Waals surface area contributed by atoms with Crippen molar-refractivity contribution >= 4 is 23.7 Å². The second-order valence-electron chi connectivity index (χ2n) is 6.34. The molecule has 0 aliphatic carbocycles. The first-order valence-corrected chi connectivity index (χ1v) is 9.07. The lowest BCUT2D eigenvalue weighted by Gasteiger charge is -2.07. The Morgan fingerprint density at radius 3 is 2.18 bits per heavy atom. The maximum atomic E-state index is 12.2. The molecule has 0 bridgehead atoms. The van der Waals surface area contributed by atoms with E-state index in [2.05, 4.69) is 41.7 Å². The molecule has 1 heterocycles. The van der Waals surface area contributed by atoms with E-state index >= 15 is 0 Å². The number of hydrogen-bond donors (Lipinski definition) is 1. The first-order chi connectivity index (χ1) is 13.8. The van der Waals surface area contributed by atoms with Crippen LogP contribution >= 0.6 is 0 Å². The summed E-state index contributed by atoms with van der Waals surface area (Å²) in [6, 6.07) is 29.7. The van der Waals surface area contributed by atoms with Gasteiger partial charge in [0.1, 0.15) is 0 Å². The molecule has 0 aliphatic rings. The van der Waals surface area contributed by atoms with E-state index in [1.54, 1.807) is 12.1 Å². The molecule has 4 rings (SSSR count). The Labute approximate surface area is 164 Å². The molecule has 0 saturated heterocycles. The fraction of sp³-hybridized carbons (Fsp3) is 0. The summed E-state index contributed by atoms with van der Waals surface area (Å²) in [6.07, 6.45) is 5.52. The molecule has 0 radical (unpaired) electrons. The van der Waals surface area contributed by atoms with Crippen LogP contribution in [0.15, 0.2) is 102 Å². The zero-order valence-corrected chi connectivity index (χ0v) is 15.2. The number of para-hydroxylation sites is 1. The van der Waals surface area contributed by atoms with Crippen molar-refractivity contribution in [2.24, 2.45) is 0 Å². The summed E-state index contributed by atoms with van der Waals surface area (Å²) in [7, 11) is 0. The molecule has 1 N–H and O–H groups in total. The topological polar surface area (TPSA) is 42.2 Å². The van der Waals surface area contributed by atoms with Crippen LogP contribution in [-0.2, 0) is 0 Å². The average molecular weight is 365 g/mol. The highest BCUT2D eigenvalue weighted by Gasteiger charge is 2.10. The lowest BCUT2D eigenvalue weighted by Crippen LogP contribution is -2.11. The van der Waals surface area contributed by atoms with Crippen molar-refractivity contribution in [3.05, 3.63) is 114 Å². The first-order valence-electron chi connectivity index (χ1n) is 9.07. The van der Waals surface area contributed by atoms with Gasteiger partial charge < -0.3 is 9.73 Å². The zero-order chi connectivity index (χ0) is 19.2. The lowest BCUT2D eigenvalue weighted by atomic mass is 10.0. The van der Waals surface area contributed by atoms with Crippen LogP contribution in [0.2, 0.25) is 0 Å². The Bertz CT molecular complexity index is 1080. The fourth-order valence-corrected chi connectivity index (χ4v) is 2.95. The normalized spacial score (nSPS) is 10.9. The number of anilines is 1. The van der Waals surface area contributed by atoms with Crippen molar-refractivity contribution in [2.45, 2.75) is 0 Å². The minimum Gasteiger partial charge on any atom is -0.459 e. The minimum absolute atomic E-state index is 0.266. The van der Waals surface area contributed by atoms with Gasteiger partial charge in [0.15, 0.2) is 5.76 Å².